The molecule has 0 atom stereocenters. The summed E-state index contributed by atoms with van der Waals surface area (Å²) >= 11 is 0. The molecule has 1 saturated heterocycles. The Hall–Kier alpha value is -4.02. The average molecular weight is 492 g/mol. The minimum absolute atomic E-state index is 0.0687. The summed E-state index contributed by atoms with van der Waals surface area (Å²) < 4.78 is 27.8. The molecule has 1 N–H and O–H groups in total. The highest BCUT2D eigenvalue weighted by atomic mass is 32.2. The smallest absolute Gasteiger partial charge is 0.335 e. The van der Waals surface area contributed by atoms with Gasteiger partial charge in [-0.05, 0) is 54.6 Å². The van der Waals surface area contributed by atoms with Crippen LogP contribution in [0.1, 0.15) is 31.1 Å². The summed E-state index contributed by atoms with van der Waals surface area (Å²) in [4.78, 5) is 39.7. The van der Waals surface area contributed by atoms with E-state index in [1.807, 2.05) is 4.90 Å². The van der Waals surface area contributed by atoms with Crippen LogP contribution < -0.4 is 9.80 Å². The van der Waals surface area contributed by atoms with Crippen molar-refractivity contribution in [2.75, 3.05) is 36.0 Å². The van der Waals surface area contributed by atoms with Gasteiger partial charge in [0.15, 0.2) is 0 Å². The number of benzene rings is 3. The minimum Gasteiger partial charge on any atom is -0.478 e. The number of carbonyl (C=O) groups is 3. The van der Waals surface area contributed by atoms with E-state index < -0.39 is 27.8 Å². The van der Waals surface area contributed by atoms with Crippen molar-refractivity contribution < 1.29 is 27.9 Å². The number of rotatable bonds is 5. The molecule has 2 amide bonds. The van der Waals surface area contributed by atoms with Crippen LogP contribution in [0.15, 0.2) is 77.7 Å². The van der Waals surface area contributed by atoms with Crippen LogP contribution >= 0.6 is 0 Å². The fourth-order valence-corrected chi connectivity index (χ4v) is 5.78. The first-order valence-electron chi connectivity index (χ1n) is 10.9. The lowest BCUT2D eigenvalue weighted by molar-refractivity contribution is 0.0696. The molecule has 0 aromatic heterocycles. The van der Waals surface area contributed by atoms with E-state index in [-0.39, 0.29) is 23.5 Å². The van der Waals surface area contributed by atoms with Crippen LogP contribution in [0.25, 0.3) is 0 Å². The molecule has 2 aliphatic rings. The van der Waals surface area contributed by atoms with Crippen molar-refractivity contribution >= 4 is 39.2 Å². The van der Waals surface area contributed by atoms with E-state index in [9.17, 15) is 27.9 Å². The summed E-state index contributed by atoms with van der Waals surface area (Å²) in [6, 6.07) is 18.8. The Kier molecular flexibility index (Phi) is 5.62. The maximum Gasteiger partial charge on any atom is 0.335 e. The predicted molar refractivity (Wildman–Crippen MR) is 128 cm³/mol. The molecule has 0 bridgehead atoms. The molecule has 2 heterocycles. The first kappa shape index (κ1) is 22.8. The van der Waals surface area contributed by atoms with Gasteiger partial charge < -0.3 is 10.0 Å². The molecule has 2 aliphatic heterocycles. The lowest BCUT2D eigenvalue weighted by Gasteiger charge is -2.35. The molecule has 10 heteroatoms. The van der Waals surface area contributed by atoms with Gasteiger partial charge in [-0.2, -0.15) is 4.31 Å². The lowest BCUT2D eigenvalue weighted by Crippen LogP contribution is -2.48. The number of piperazine rings is 1. The van der Waals surface area contributed by atoms with E-state index in [4.69, 9.17) is 0 Å². The van der Waals surface area contributed by atoms with Crippen molar-refractivity contribution in [3.05, 3.63) is 89.5 Å². The number of amides is 2. The van der Waals surface area contributed by atoms with Gasteiger partial charge >= 0.3 is 5.97 Å². The van der Waals surface area contributed by atoms with Gasteiger partial charge in [-0.3, -0.25) is 9.59 Å². The quantitative estimate of drug-likeness (QED) is 0.546. The summed E-state index contributed by atoms with van der Waals surface area (Å²) in [7, 11) is -3.79. The molecule has 0 spiro atoms. The van der Waals surface area contributed by atoms with Crippen molar-refractivity contribution in [3.8, 4) is 0 Å². The number of carbonyl (C=O) groups excluding carboxylic acids is 2. The number of hydrogen-bond donors (Lipinski definition) is 1. The van der Waals surface area contributed by atoms with Gasteiger partial charge in [0.25, 0.3) is 11.8 Å². The largest absolute Gasteiger partial charge is 0.478 e. The Morgan fingerprint density at radius 1 is 0.743 bits per heavy atom. The molecule has 3 aromatic carbocycles. The monoisotopic (exact) mass is 491 g/mol. The molecule has 3 aromatic rings. The first-order chi connectivity index (χ1) is 16.8. The van der Waals surface area contributed by atoms with E-state index in [1.54, 1.807) is 42.5 Å². The molecule has 0 radical (unpaired) electrons. The van der Waals surface area contributed by atoms with E-state index in [0.29, 0.717) is 29.9 Å². The van der Waals surface area contributed by atoms with Crippen molar-refractivity contribution in [1.82, 2.24) is 4.31 Å². The Bertz CT molecular complexity index is 1410. The summed E-state index contributed by atoms with van der Waals surface area (Å²) in [6.45, 7) is 1.30. The highest BCUT2D eigenvalue weighted by Crippen LogP contribution is 2.30. The number of anilines is 2. The van der Waals surface area contributed by atoms with Gasteiger partial charge in [0.05, 0.1) is 27.3 Å². The van der Waals surface area contributed by atoms with Gasteiger partial charge in [0.2, 0.25) is 10.0 Å². The minimum atomic E-state index is -3.79. The summed E-state index contributed by atoms with van der Waals surface area (Å²) in [5.74, 6) is -1.90. The first-order valence-corrected chi connectivity index (χ1v) is 12.4. The number of carboxylic acids is 1. The zero-order valence-electron chi connectivity index (χ0n) is 18.5. The number of sulfonamides is 1. The average Bonchev–Trinajstić information content (AvgIpc) is 3.14. The van der Waals surface area contributed by atoms with Crippen LogP contribution in [0.4, 0.5) is 11.4 Å². The van der Waals surface area contributed by atoms with Crippen LogP contribution in [-0.4, -0.2) is 61.8 Å². The lowest BCUT2D eigenvalue weighted by atomic mass is 10.1. The predicted octanol–water partition coefficient (Wildman–Crippen LogP) is 2.70. The van der Waals surface area contributed by atoms with E-state index in [0.717, 1.165) is 10.6 Å². The maximum atomic E-state index is 13.2. The topological polar surface area (TPSA) is 115 Å². The van der Waals surface area contributed by atoms with Crippen molar-refractivity contribution in [1.29, 1.82) is 0 Å². The van der Waals surface area contributed by atoms with Crippen molar-refractivity contribution in [3.63, 3.8) is 0 Å². The number of nitrogens with zero attached hydrogens (tertiary/aromatic N) is 3. The Labute approximate surface area is 201 Å². The molecule has 0 saturated carbocycles. The Morgan fingerprint density at radius 2 is 1.34 bits per heavy atom. The fraction of sp³-hybridized carbons (Fsp3) is 0.160. The molecule has 35 heavy (non-hydrogen) atoms. The Morgan fingerprint density at radius 3 is 1.91 bits per heavy atom. The third kappa shape index (κ3) is 3.96. The van der Waals surface area contributed by atoms with Crippen LogP contribution in [0.5, 0.6) is 0 Å². The SMILES string of the molecule is O=C(O)c1cccc(N2CCN(S(=O)(=O)c3ccc(N4C(=O)c5ccccc5C4=O)cc3)CC2)c1. The molecule has 0 unspecified atom stereocenters. The fourth-order valence-electron chi connectivity index (χ4n) is 4.36. The van der Waals surface area contributed by atoms with Crippen molar-refractivity contribution in [2.45, 2.75) is 4.90 Å². The zero-order valence-corrected chi connectivity index (χ0v) is 19.3. The normalized spacial score (nSPS) is 16.5. The second-order valence-electron chi connectivity index (χ2n) is 8.23. The number of fused-ring (bicyclic) bond motifs is 1. The van der Waals surface area contributed by atoms with Gasteiger partial charge in [-0.1, -0.05) is 18.2 Å². The highest BCUT2D eigenvalue weighted by Gasteiger charge is 2.36. The maximum absolute atomic E-state index is 13.2. The summed E-state index contributed by atoms with van der Waals surface area (Å²) in [6.07, 6.45) is 0. The van der Waals surface area contributed by atoms with Gasteiger partial charge in [-0.15, -0.1) is 0 Å². The third-order valence-electron chi connectivity index (χ3n) is 6.22. The standard InChI is InChI=1S/C25H21N3O6S/c29-23-21-6-1-2-7-22(21)24(30)28(23)18-8-10-20(11-9-18)35(33,34)27-14-12-26(13-15-27)19-5-3-4-17(16-19)25(31)32/h1-11,16H,12-15H2,(H,31,32). The van der Waals surface area contributed by atoms with E-state index >= 15 is 0 Å². The number of imide groups is 1. The Balaban J connectivity index is 1.30. The van der Waals surface area contributed by atoms with Gasteiger partial charge in [-0.25, -0.2) is 18.1 Å². The van der Waals surface area contributed by atoms with Crippen LogP contribution in [0.2, 0.25) is 0 Å². The number of hydrogen-bond acceptors (Lipinski definition) is 6. The van der Waals surface area contributed by atoms with Gasteiger partial charge in [0.1, 0.15) is 0 Å². The molecule has 9 nitrogen and oxygen atoms in total. The summed E-state index contributed by atoms with van der Waals surface area (Å²) in [5, 5.41) is 9.20. The van der Waals surface area contributed by atoms with E-state index in [1.165, 1.54) is 34.6 Å². The summed E-state index contributed by atoms with van der Waals surface area (Å²) in [5.41, 5.74) is 1.85. The second-order valence-corrected chi connectivity index (χ2v) is 10.2. The van der Waals surface area contributed by atoms with Crippen LogP contribution in [0, 0.1) is 0 Å². The number of aromatic carboxylic acids is 1. The molecule has 0 aliphatic carbocycles. The molecule has 1 fully saturated rings. The van der Waals surface area contributed by atoms with E-state index in [2.05, 4.69) is 0 Å². The zero-order chi connectivity index (χ0) is 24.7. The molecular formula is C25H21N3O6S. The molecule has 5 rings (SSSR count). The van der Waals surface area contributed by atoms with Crippen molar-refractivity contribution in [2.24, 2.45) is 0 Å². The molecule has 178 valence electrons. The highest BCUT2D eigenvalue weighted by molar-refractivity contribution is 7.89. The third-order valence-corrected chi connectivity index (χ3v) is 8.14. The second kappa shape index (κ2) is 8.64. The number of carboxylic acid groups (broad SMARTS) is 1. The van der Waals surface area contributed by atoms with Crippen LogP contribution in [0.3, 0.4) is 0 Å². The molecular weight excluding hydrogens is 470 g/mol. The van der Waals surface area contributed by atoms with Gasteiger partial charge in [0, 0.05) is 31.9 Å². The van der Waals surface area contributed by atoms with Crippen LogP contribution in [-0.2, 0) is 10.0 Å².